The van der Waals surface area contributed by atoms with Crippen molar-refractivity contribution in [2.24, 2.45) is 5.41 Å². The number of alkyl halides is 3. The molecule has 3 aromatic rings. The molecule has 8 nitrogen and oxygen atoms in total. The van der Waals surface area contributed by atoms with Gasteiger partial charge < -0.3 is 15.1 Å². The molecule has 0 radical (unpaired) electrons. The fourth-order valence-electron chi connectivity index (χ4n) is 5.07. The number of hydrogen-bond acceptors (Lipinski definition) is 5. The smallest absolute Gasteiger partial charge is 0.324 e. The van der Waals surface area contributed by atoms with Gasteiger partial charge in [-0.1, -0.05) is 12.1 Å². The van der Waals surface area contributed by atoms with Crippen LogP contribution in [0.2, 0.25) is 0 Å². The molecule has 0 bridgehead atoms. The van der Waals surface area contributed by atoms with Crippen LogP contribution in [-0.4, -0.2) is 39.9 Å². The maximum atomic E-state index is 13.6. The van der Waals surface area contributed by atoms with Crippen LogP contribution in [0, 0.1) is 16.7 Å². The Morgan fingerprint density at radius 2 is 1.89 bits per heavy atom. The molecule has 1 N–H and O–H groups in total. The van der Waals surface area contributed by atoms with Gasteiger partial charge in [0.25, 0.3) is 0 Å². The van der Waals surface area contributed by atoms with E-state index < -0.39 is 29.2 Å². The number of β-lactam (4-membered cyclic amide) rings is 1. The third-order valence-corrected chi connectivity index (χ3v) is 6.91. The Kier molecular flexibility index (Phi) is 6.03. The molecule has 3 amide bonds. The number of benzene rings is 1. The van der Waals surface area contributed by atoms with Crippen LogP contribution in [0.15, 0.2) is 67.1 Å². The van der Waals surface area contributed by atoms with Gasteiger partial charge in [0, 0.05) is 31.2 Å². The lowest BCUT2D eigenvalue weighted by atomic mass is 9.63. The van der Waals surface area contributed by atoms with Crippen LogP contribution in [-0.2, 0) is 11.0 Å². The van der Waals surface area contributed by atoms with Crippen molar-refractivity contribution in [3.8, 4) is 6.07 Å². The van der Waals surface area contributed by atoms with Crippen molar-refractivity contribution >= 4 is 23.3 Å². The van der Waals surface area contributed by atoms with Gasteiger partial charge in [-0.15, -0.1) is 0 Å². The average Bonchev–Trinajstić information content (AvgIpc) is 2.91. The third kappa shape index (κ3) is 4.35. The molecule has 2 aliphatic rings. The minimum absolute atomic E-state index is 0.0437. The van der Waals surface area contributed by atoms with Crippen LogP contribution in [0.3, 0.4) is 0 Å². The Labute approximate surface area is 210 Å². The number of nitrogens with one attached hydrogen (secondary N) is 1. The SMILES string of the molecule is N#Cc1cncc(N2C(=O)C3(CCN(C(=O)Nc4cccc(C(F)(F)F)c4)CC3)C2c2ccccn2)c1. The summed E-state index contributed by atoms with van der Waals surface area (Å²) >= 11 is 0. The van der Waals surface area contributed by atoms with Gasteiger partial charge in [0.15, 0.2) is 0 Å². The molecular weight excluding hydrogens is 485 g/mol. The number of halogens is 3. The van der Waals surface area contributed by atoms with Gasteiger partial charge in [0.1, 0.15) is 6.07 Å². The lowest BCUT2D eigenvalue weighted by Gasteiger charge is -2.58. The number of pyridine rings is 2. The van der Waals surface area contributed by atoms with Gasteiger partial charge in [-0.25, -0.2) is 4.79 Å². The van der Waals surface area contributed by atoms with Gasteiger partial charge >= 0.3 is 12.2 Å². The number of urea groups is 1. The molecular formula is C26H21F3N6O2. The standard InChI is InChI=1S/C26H21F3N6O2/c27-26(28,29)18-4-3-5-19(13-18)33-24(37)34-10-7-25(8-11-34)22(21-6-1-2-9-32-21)35(23(25)36)20-12-17(14-30)15-31-16-20/h1-6,9,12-13,15-16,22H,7-8,10-11H2,(H,33,37). The monoisotopic (exact) mass is 506 g/mol. The summed E-state index contributed by atoms with van der Waals surface area (Å²) in [6.45, 7) is 0.481. The molecule has 2 aliphatic heterocycles. The van der Waals surface area contributed by atoms with Crippen LogP contribution in [0.4, 0.5) is 29.3 Å². The van der Waals surface area contributed by atoms with Crippen molar-refractivity contribution in [2.75, 3.05) is 23.3 Å². The summed E-state index contributed by atoms with van der Waals surface area (Å²) in [6, 6.07) is 12.6. The second-order valence-electron chi connectivity index (χ2n) is 9.03. The normalized spacial score (nSPS) is 18.8. The van der Waals surface area contributed by atoms with Crippen LogP contribution in [0.1, 0.15) is 35.7 Å². The first-order valence-corrected chi connectivity index (χ1v) is 11.6. The van der Waals surface area contributed by atoms with Crippen molar-refractivity contribution in [1.29, 1.82) is 5.26 Å². The summed E-state index contributed by atoms with van der Waals surface area (Å²) in [5, 5.41) is 11.8. The Balaban J connectivity index is 1.35. The minimum Gasteiger partial charge on any atom is -0.324 e. The first-order chi connectivity index (χ1) is 17.7. The molecule has 2 aromatic heterocycles. The Morgan fingerprint density at radius 1 is 1.11 bits per heavy atom. The van der Waals surface area contributed by atoms with Crippen LogP contribution >= 0.6 is 0 Å². The van der Waals surface area contributed by atoms with Crippen LogP contribution in [0.5, 0.6) is 0 Å². The number of piperidine rings is 1. The first kappa shape index (κ1) is 24.2. The number of anilines is 2. The number of likely N-dealkylation sites (tertiary alicyclic amines) is 1. The van der Waals surface area contributed by atoms with Crippen molar-refractivity contribution in [2.45, 2.75) is 25.1 Å². The van der Waals surface area contributed by atoms with Crippen molar-refractivity contribution in [3.63, 3.8) is 0 Å². The molecule has 5 rings (SSSR count). The van der Waals surface area contributed by atoms with E-state index in [9.17, 15) is 28.0 Å². The maximum Gasteiger partial charge on any atom is 0.416 e. The van der Waals surface area contributed by atoms with E-state index in [1.165, 1.54) is 29.4 Å². The highest BCUT2D eigenvalue weighted by atomic mass is 19.4. The zero-order valence-electron chi connectivity index (χ0n) is 19.4. The van der Waals surface area contributed by atoms with E-state index in [2.05, 4.69) is 15.3 Å². The molecule has 1 unspecified atom stereocenters. The average molecular weight is 506 g/mol. The summed E-state index contributed by atoms with van der Waals surface area (Å²) in [5.74, 6) is -0.141. The maximum absolute atomic E-state index is 13.6. The third-order valence-electron chi connectivity index (χ3n) is 6.91. The van der Waals surface area contributed by atoms with Crippen LogP contribution in [0.25, 0.3) is 0 Å². The van der Waals surface area contributed by atoms with E-state index in [0.717, 1.165) is 12.1 Å². The minimum atomic E-state index is -4.52. The van der Waals surface area contributed by atoms with E-state index in [1.807, 2.05) is 18.2 Å². The predicted molar refractivity (Wildman–Crippen MR) is 127 cm³/mol. The second-order valence-corrected chi connectivity index (χ2v) is 9.03. The van der Waals surface area contributed by atoms with Gasteiger partial charge in [0.2, 0.25) is 5.91 Å². The zero-order chi connectivity index (χ0) is 26.2. The topological polar surface area (TPSA) is 102 Å². The lowest BCUT2D eigenvalue weighted by Crippen LogP contribution is -2.67. The highest BCUT2D eigenvalue weighted by Crippen LogP contribution is 2.57. The van der Waals surface area contributed by atoms with Gasteiger partial charge in [-0.3, -0.25) is 14.8 Å². The summed E-state index contributed by atoms with van der Waals surface area (Å²) in [6.07, 6.45) is 0.777. The molecule has 188 valence electrons. The molecule has 2 saturated heterocycles. The Hall–Kier alpha value is -4.46. The fourth-order valence-corrected chi connectivity index (χ4v) is 5.07. The number of aromatic nitrogens is 2. The largest absolute Gasteiger partial charge is 0.416 e. The molecule has 0 aliphatic carbocycles. The number of nitrogens with zero attached hydrogens (tertiary/aromatic N) is 5. The Bertz CT molecular complexity index is 1380. The van der Waals surface area contributed by atoms with E-state index in [-0.39, 0.29) is 24.7 Å². The van der Waals surface area contributed by atoms with Gasteiger partial charge in [-0.2, -0.15) is 18.4 Å². The fraction of sp³-hybridized carbons (Fsp3) is 0.269. The summed E-state index contributed by atoms with van der Waals surface area (Å²) in [7, 11) is 0. The van der Waals surface area contributed by atoms with E-state index in [1.54, 1.807) is 23.2 Å². The van der Waals surface area contributed by atoms with E-state index in [0.29, 0.717) is 29.8 Å². The summed E-state index contributed by atoms with van der Waals surface area (Å²) < 4.78 is 39.1. The van der Waals surface area contributed by atoms with Gasteiger partial charge in [-0.05, 0) is 49.2 Å². The first-order valence-electron chi connectivity index (χ1n) is 11.6. The van der Waals surface area contributed by atoms with Crippen molar-refractivity contribution in [3.05, 3.63) is 83.9 Å². The molecule has 1 atom stereocenters. The van der Waals surface area contributed by atoms with E-state index >= 15 is 0 Å². The number of nitriles is 1. The Morgan fingerprint density at radius 3 is 2.57 bits per heavy atom. The number of amides is 3. The molecule has 1 spiro atoms. The van der Waals surface area contributed by atoms with Crippen LogP contribution < -0.4 is 10.2 Å². The molecule has 37 heavy (non-hydrogen) atoms. The molecule has 0 saturated carbocycles. The number of rotatable bonds is 3. The van der Waals surface area contributed by atoms with Crippen molar-refractivity contribution in [1.82, 2.24) is 14.9 Å². The highest BCUT2D eigenvalue weighted by molar-refractivity contribution is 6.06. The number of carbonyl (C=O) groups is 2. The second kappa shape index (κ2) is 9.20. The molecule has 1 aromatic carbocycles. The van der Waals surface area contributed by atoms with Crippen molar-refractivity contribution < 1.29 is 22.8 Å². The highest BCUT2D eigenvalue weighted by Gasteiger charge is 2.63. The predicted octanol–water partition coefficient (Wildman–Crippen LogP) is 4.77. The van der Waals surface area contributed by atoms with Gasteiger partial charge in [0.05, 0.1) is 40.2 Å². The summed E-state index contributed by atoms with van der Waals surface area (Å²) in [5.41, 5.74) is -0.101. The van der Waals surface area contributed by atoms with E-state index in [4.69, 9.17) is 0 Å². The molecule has 4 heterocycles. The number of hydrogen-bond donors (Lipinski definition) is 1. The molecule has 2 fully saturated rings. The quantitative estimate of drug-likeness (QED) is 0.516. The lowest BCUT2D eigenvalue weighted by molar-refractivity contribution is -0.144. The number of carbonyl (C=O) groups excluding carboxylic acids is 2. The zero-order valence-corrected chi connectivity index (χ0v) is 19.4. The molecule has 11 heteroatoms. The summed E-state index contributed by atoms with van der Waals surface area (Å²) in [4.78, 5) is 38.1.